The van der Waals surface area contributed by atoms with E-state index in [-0.39, 0.29) is 12.4 Å². The van der Waals surface area contributed by atoms with Gasteiger partial charge in [-0.05, 0) is 35.2 Å². The van der Waals surface area contributed by atoms with Crippen molar-refractivity contribution in [3.8, 4) is 0 Å². The molecule has 1 nitrogen and oxygen atoms in total. The Bertz CT molecular complexity index is 194. The van der Waals surface area contributed by atoms with E-state index in [1.165, 1.54) is 18.4 Å². The van der Waals surface area contributed by atoms with Crippen molar-refractivity contribution in [2.45, 2.75) is 25.4 Å². The SMILES string of the molecule is Cl.c1cc(CNC2CC2)cs1. The summed E-state index contributed by atoms with van der Waals surface area (Å²) in [7, 11) is 0. The van der Waals surface area contributed by atoms with Gasteiger partial charge in [-0.2, -0.15) is 11.3 Å². The summed E-state index contributed by atoms with van der Waals surface area (Å²) in [5, 5.41) is 7.80. The fourth-order valence-electron chi connectivity index (χ4n) is 0.943. The molecule has 1 N–H and O–H groups in total. The predicted molar refractivity (Wildman–Crippen MR) is 51.4 cm³/mol. The predicted octanol–water partition coefficient (Wildman–Crippen LogP) is 2.42. The highest BCUT2D eigenvalue weighted by Gasteiger charge is 2.19. The maximum absolute atomic E-state index is 3.47. The first-order valence-electron chi connectivity index (χ1n) is 3.69. The lowest BCUT2D eigenvalue weighted by Gasteiger charge is -1.97. The first kappa shape index (κ1) is 9.04. The molecule has 1 aliphatic rings. The third-order valence-electron chi connectivity index (χ3n) is 1.75. The quantitative estimate of drug-likeness (QED) is 0.770. The Morgan fingerprint density at radius 3 is 2.91 bits per heavy atom. The Hall–Kier alpha value is -0.0500. The lowest BCUT2D eigenvalue weighted by Crippen LogP contribution is -2.14. The Morgan fingerprint density at radius 2 is 2.36 bits per heavy atom. The highest BCUT2D eigenvalue weighted by molar-refractivity contribution is 7.07. The molecule has 0 saturated heterocycles. The Morgan fingerprint density at radius 1 is 1.55 bits per heavy atom. The minimum Gasteiger partial charge on any atom is -0.310 e. The third kappa shape index (κ3) is 2.81. The highest BCUT2D eigenvalue weighted by Crippen LogP contribution is 2.19. The van der Waals surface area contributed by atoms with Gasteiger partial charge in [-0.1, -0.05) is 0 Å². The molecule has 0 unspecified atom stereocenters. The van der Waals surface area contributed by atoms with Crippen molar-refractivity contribution < 1.29 is 0 Å². The van der Waals surface area contributed by atoms with E-state index in [1.807, 2.05) is 0 Å². The van der Waals surface area contributed by atoms with Crippen LogP contribution in [-0.2, 0) is 6.54 Å². The lowest BCUT2D eigenvalue weighted by atomic mass is 10.3. The molecular formula is C8H12ClNS. The molecule has 1 heterocycles. The van der Waals surface area contributed by atoms with Crippen molar-refractivity contribution in [2.75, 3.05) is 0 Å². The van der Waals surface area contributed by atoms with Crippen LogP contribution in [-0.4, -0.2) is 6.04 Å². The van der Waals surface area contributed by atoms with Gasteiger partial charge in [-0.3, -0.25) is 0 Å². The molecule has 0 radical (unpaired) electrons. The van der Waals surface area contributed by atoms with Crippen molar-refractivity contribution in [3.05, 3.63) is 22.4 Å². The second-order valence-electron chi connectivity index (χ2n) is 2.79. The van der Waals surface area contributed by atoms with E-state index in [0.29, 0.717) is 0 Å². The number of hydrogen-bond donors (Lipinski definition) is 1. The average molecular weight is 190 g/mol. The molecule has 0 amide bonds. The monoisotopic (exact) mass is 189 g/mol. The van der Waals surface area contributed by atoms with Crippen molar-refractivity contribution in [2.24, 2.45) is 0 Å². The molecule has 0 aromatic carbocycles. The van der Waals surface area contributed by atoms with Crippen molar-refractivity contribution in [1.82, 2.24) is 5.32 Å². The number of halogens is 1. The normalized spacial score (nSPS) is 16.0. The Balaban J connectivity index is 0.000000605. The largest absolute Gasteiger partial charge is 0.310 e. The lowest BCUT2D eigenvalue weighted by molar-refractivity contribution is 0.689. The van der Waals surface area contributed by atoms with Crippen LogP contribution in [0, 0.1) is 0 Å². The average Bonchev–Trinajstić information content (AvgIpc) is 2.63. The van der Waals surface area contributed by atoms with E-state index in [2.05, 4.69) is 22.1 Å². The number of thiophene rings is 1. The Kier molecular flexibility index (Phi) is 3.37. The van der Waals surface area contributed by atoms with Gasteiger partial charge in [0, 0.05) is 12.6 Å². The second-order valence-corrected chi connectivity index (χ2v) is 3.57. The van der Waals surface area contributed by atoms with Crippen molar-refractivity contribution in [3.63, 3.8) is 0 Å². The summed E-state index contributed by atoms with van der Waals surface area (Å²) in [4.78, 5) is 0. The van der Waals surface area contributed by atoms with E-state index < -0.39 is 0 Å². The molecule has 3 heteroatoms. The van der Waals surface area contributed by atoms with Crippen LogP contribution < -0.4 is 5.32 Å². The van der Waals surface area contributed by atoms with E-state index in [0.717, 1.165) is 12.6 Å². The molecule has 0 aliphatic heterocycles. The summed E-state index contributed by atoms with van der Waals surface area (Å²) >= 11 is 1.77. The summed E-state index contributed by atoms with van der Waals surface area (Å²) in [5.41, 5.74) is 1.43. The van der Waals surface area contributed by atoms with Gasteiger partial charge in [-0.25, -0.2) is 0 Å². The van der Waals surface area contributed by atoms with Crippen LogP contribution in [0.3, 0.4) is 0 Å². The summed E-state index contributed by atoms with van der Waals surface area (Å²) < 4.78 is 0. The fourth-order valence-corrected chi connectivity index (χ4v) is 1.61. The molecule has 1 fully saturated rings. The van der Waals surface area contributed by atoms with Gasteiger partial charge >= 0.3 is 0 Å². The van der Waals surface area contributed by atoms with Gasteiger partial charge in [-0.15, -0.1) is 12.4 Å². The molecule has 0 bridgehead atoms. The smallest absolute Gasteiger partial charge is 0.0216 e. The van der Waals surface area contributed by atoms with Crippen LogP contribution in [0.4, 0.5) is 0 Å². The first-order chi connectivity index (χ1) is 4.95. The van der Waals surface area contributed by atoms with Crippen LogP contribution in [0.5, 0.6) is 0 Å². The molecular weight excluding hydrogens is 178 g/mol. The molecule has 62 valence electrons. The van der Waals surface area contributed by atoms with Gasteiger partial charge < -0.3 is 5.32 Å². The molecule has 11 heavy (non-hydrogen) atoms. The van der Waals surface area contributed by atoms with Gasteiger partial charge in [0.1, 0.15) is 0 Å². The fraction of sp³-hybridized carbons (Fsp3) is 0.500. The van der Waals surface area contributed by atoms with Gasteiger partial charge in [0.2, 0.25) is 0 Å². The number of rotatable bonds is 3. The van der Waals surface area contributed by atoms with E-state index in [1.54, 1.807) is 11.3 Å². The van der Waals surface area contributed by atoms with Crippen molar-refractivity contribution in [1.29, 1.82) is 0 Å². The minimum atomic E-state index is 0. The molecule has 2 rings (SSSR count). The molecule has 1 aromatic rings. The highest BCUT2D eigenvalue weighted by atomic mass is 35.5. The standard InChI is InChI=1S/C8H11NS.ClH/c1-2-8(1)9-5-7-3-4-10-6-7;/h3-4,6,8-9H,1-2,5H2;1H. The second kappa shape index (κ2) is 4.10. The first-order valence-corrected chi connectivity index (χ1v) is 4.64. The number of hydrogen-bond acceptors (Lipinski definition) is 2. The zero-order chi connectivity index (χ0) is 6.81. The van der Waals surface area contributed by atoms with E-state index in [9.17, 15) is 0 Å². The third-order valence-corrected chi connectivity index (χ3v) is 2.48. The molecule has 0 atom stereocenters. The molecule has 1 saturated carbocycles. The van der Waals surface area contributed by atoms with Gasteiger partial charge in [0.25, 0.3) is 0 Å². The van der Waals surface area contributed by atoms with Crippen LogP contribution in [0.15, 0.2) is 16.8 Å². The summed E-state index contributed by atoms with van der Waals surface area (Å²) in [6.45, 7) is 1.06. The zero-order valence-corrected chi connectivity index (χ0v) is 7.88. The van der Waals surface area contributed by atoms with Gasteiger partial charge in [0.15, 0.2) is 0 Å². The maximum Gasteiger partial charge on any atom is 0.0216 e. The molecule has 0 spiro atoms. The summed E-state index contributed by atoms with van der Waals surface area (Å²) in [6, 6.07) is 3.01. The van der Waals surface area contributed by atoms with Crippen LogP contribution in [0.1, 0.15) is 18.4 Å². The zero-order valence-electron chi connectivity index (χ0n) is 6.25. The topological polar surface area (TPSA) is 12.0 Å². The van der Waals surface area contributed by atoms with Crippen LogP contribution >= 0.6 is 23.7 Å². The van der Waals surface area contributed by atoms with Crippen LogP contribution in [0.25, 0.3) is 0 Å². The maximum atomic E-state index is 3.47. The van der Waals surface area contributed by atoms with Crippen molar-refractivity contribution >= 4 is 23.7 Å². The molecule has 1 aliphatic carbocycles. The van der Waals surface area contributed by atoms with E-state index >= 15 is 0 Å². The van der Waals surface area contributed by atoms with E-state index in [4.69, 9.17) is 0 Å². The molecule has 1 aromatic heterocycles. The summed E-state index contributed by atoms with van der Waals surface area (Å²) in [6.07, 6.45) is 2.76. The Labute approximate surface area is 77.2 Å². The summed E-state index contributed by atoms with van der Waals surface area (Å²) in [5.74, 6) is 0. The number of nitrogens with one attached hydrogen (secondary N) is 1. The minimum absolute atomic E-state index is 0. The van der Waals surface area contributed by atoms with Gasteiger partial charge in [0.05, 0.1) is 0 Å². The van der Waals surface area contributed by atoms with Crippen LogP contribution in [0.2, 0.25) is 0 Å².